The van der Waals surface area contributed by atoms with Gasteiger partial charge in [-0.3, -0.25) is 9.52 Å². The number of ether oxygens (including phenoxy) is 3. The number of hydrogen-bond acceptors (Lipinski definition) is 7. The number of carbonyl (C=O) groups excluding carboxylic acids is 2. The first-order valence-electron chi connectivity index (χ1n) is 12.4. The molecule has 1 N–H and O–H groups in total. The fourth-order valence-electron chi connectivity index (χ4n) is 6.75. The Morgan fingerprint density at radius 1 is 0.973 bits per heavy atom. The van der Waals surface area contributed by atoms with Gasteiger partial charge in [0.2, 0.25) is 0 Å². The van der Waals surface area contributed by atoms with Gasteiger partial charge in [0.1, 0.15) is 11.5 Å². The summed E-state index contributed by atoms with van der Waals surface area (Å²) < 4.78 is 44.4. The average molecular weight is 548 g/mol. The molecule has 0 atom stereocenters. The smallest absolute Gasteiger partial charge is 0.338 e. The van der Waals surface area contributed by atoms with E-state index in [1.165, 1.54) is 69.9 Å². The van der Waals surface area contributed by atoms with Crippen molar-refractivity contribution in [1.29, 1.82) is 0 Å². The second-order valence-electron chi connectivity index (χ2n) is 10.5. The molecule has 0 unspecified atom stereocenters. The molecule has 0 heterocycles. The van der Waals surface area contributed by atoms with E-state index >= 15 is 0 Å². The van der Waals surface area contributed by atoms with Gasteiger partial charge in [-0.2, -0.15) is 0 Å². The van der Waals surface area contributed by atoms with Gasteiger partial charge < -0.3 is 14.2 Å². The fourth-order valence-corrected chi connectivity index (χ4v) is 8.10. The van der Waals surface area contributed by atoms with Crippen molar-refractivity contribution in [3.05, 3.63) is 47.0 Å². The zero-order valence-electron chi connectivity index (χ0n) is 20.8. The number of anilines is 1. The number of ketones is 1. The van der Waals surface area contributed by atoms with E-state index < -0.39 is 16.0 Å². The Labute approximate surface area is 221 Å². The van der Waals surface area contributed by atoms with Gasteiger partial charge in [0.15, 0.2) is 12.4 Å². The summed E-state index contributed by atoms with van der Waals surface area (Å²) in [6, 6.07) is 8.33. The van der Waals surface area contributed by atoms with Gasteiger partial charge in [-0.25, -0.2) is 13.2 Å². The number of halogens is 1. The van der Waals surface area contributed by atoms with Crippen LogP contribution in [0.3, 0.4) is 0 Å². The summed E-state index contributed by atoms with van der Waals surface area (Å²) in [7, 11) is -1.28. The van der Waals surface area contributed by atoms with E-state index in [4.69, 9.17) is 25.8 Å². The minimum absolute atomic E-state index is 0.00567. The number of nitrogens with one attached hydrogen (secondary N) is 1. The molecule has 0 radical (unpaired) electrons. The molecule has 4 aliphatic carbocycles. The zero-order valence-corrected chi connectivity index (χ0v) is 22.4. The molecule has 8 nitrogen and oxygen atoms in total. The Bertz CT molecular complexity index is 1300. The highest BCUT2D eigenvalue weighted by molar-refractivity contribution is 7.92. The molecule has 4 saturated carbocycles. The lowest BCUT2D eigenvalue weighted by Crippen LogP contribution is -2.51. The Kier molecular flexibility index (Phi) is 6.87. The number of benzene rings is 2. The number of esters is 1. The lowest BCUT2D eigenvalue weighted by atomic mass is 9.48. The van der Waals surface area contributed by atoms with E-state index in [-0.39, 0.29) is 44.7 Å². The molecule has 0 spiro atoms. The maximum atomic E-state index is 13.2. The molecule has 4 fully saturated rings. The van der Waals surface area contributed by atoms with E-state index in [0.29, 0.717) is 23.5 Å². The summed E-state index contributed by atoms with van der Waals surface area (Å²) in [5, 5.41) is 0.196. The molecular formula is C27H30ClNO7S. The third-order valence-corrected chi connectivity index (χ3v) is 9.72. The second-order valence-corrected chi connectivity index (χ2v) is 12.6. The lowest BCUT2D eigenvalue weighted by Gasteiger charge is -2.55. The van der Waals surface area contributed by atoms with E-state index in [0.717, 1.165) is 19.3 Å². The van der Waals surface area contributed by atoms with E-state index in [9.17, 15) is 18.0 Å². The summed E-state index contributed by atoms with van der Waals surface area (Å²) in [6.07, 6.45) is 6.34. The van der Waals surface area contributed by atoms with Crippen molar-refractivity contribution >= 4 is 39.1 Å². The number of carbonyl (C=O) groups is 2. The molecule has 198 valence electrons. The number of rotatable bonds is 9. The third-order valence-electron chi connectivity index (χ3n) is 8.06. The van der Waals surface area contributed by atoms with Gasteiger partial charge in [0.25, 0.3) is 10.0 Å². The average Bonchev–Trinajstić information content (AvgIpc) is 2.86. The Morgan fingerprint density at radius 2 is 1.59 bits per heavy atom. The van der Waals surface area contributed by atoms with Crippen LogP contribution in [0.1, 0.15) is 48.9 Å². The number of sulfonamides is 1. The number of methoxy groups -OCH3 is 2. The maximum absolute atomic E-state index is 13.2. The predicted octanol–water partition coefficient (Wildman–Crippen LogP) is 5.10. The normalized spacial score (nSPS) is 26.0. The van der Waals surface area contributed by atoms with Crippen LogP contribution in [0.15, 0.2) is 41.3 Å². The first-order chi connectivity index (χ1) is 17.6. The summed E-state index contributed by atoms with van der Waals surface area (Å²) >= 11 is 6.15. The van der Waals surface area contributed by atoms with Crippen LogP contribution < -0.4 is 14.2 Å². The van der Waals surface area contributed by atoms with Crippen LogP contribution in [0.2, 0.25) is 5.02 Å². The van der Waals surface area contributed by atoms with Crippen molar-refractivity contribution in [2.75, 3.05) is 25.5 Å². The minimum Gasteiger partial charge on any atom is -0.495 e. The molecule has 37 heavy (non-hydrogen) atoms. The Balaban J connectivity index is 1.28. The molecule has 4 aliphatic rings. The van der Waals surface area contributed by atoms with Crippen molar-refractivity contribution in [2.24, 2.45) is 23.2 Å². The van der Waals surface area contributed by atoms with Gasteiger partial charge in [-0.1, -0.05) is 17.7 Å². The first-order valence-corrected chi connectivity index (χ1v) is 14.2. The summed E-state index contributed by atoms with van der Waals surface area (Å²) in [6.45, 7) is -0.290. The molecule has 0 aromatic heterocycles. The van der Waals surface area contributed by atoms with Crippen LogP contribution in [-0.4, -0.2) is 41.0 Å². The van der Waals surface area contributed by atoms with Crippen molar-refractivity contribution < 1.29 is 32.2 Å². The predicted molar refractivity (Wildman–Crippen MR) is 138 cm³/mol. The lowest BCUT2D eigenvalue weighted by molar-refractivity contribution is -0.147. The minimum atomic E-state index is -4.10. The van der Waals surface area contributed by atoms with Crippen molar-refractivity contribution in [2.45, 2.75) is 43.4 Å². The molecule has 0 amide bonds. The molecule has 10 heteroatoms. The Morgan fingerprint density at radius 3 is 2.19 bits per heavy atom. The molecule has 6 rings (SSSR count). The van der Waals surface area contributed by atoms with Crippen LogP contribution in [0.25, 0.3) is 0 Å². The summed E-state index contributed by atoms with van der Waals surface area (Å²) in [5.41, 5.74) is -0.202. The molecule has 4 bridgehead atoms. The third kappa shape index (κ3) is 5.03. The fraction of sp³-hybridized carbons (Fsp3) is 0.481. The standard InChI is InChI=1S/C27H30ClNO7S/c1-34-23-11-24(35-2)22(10-21(23)28)29-37(32,33)20-5-3-4-19(9-20)26(31)36-15-25(30)27-12-16-6-17(13-27)8-18(7-16)14-27/h3-5,9-11,16-18,29H,6-8,12-15H2,1-2H3. The molecule has 2 aromatic carbocycles. The van der Waals surface area contributed by atoms with Crippen LogP contribution >= 0.6 is 11.6 Å². The highest BCUT2D eigenvalue weighted by atomic mass is 35.5. The van der Waals surface area contributed by atoms with Crippen LogP contribution in [-0.2, 0) is 19.6 Å². The van der Waals surface area contributed by atoms with Gasteiger partial charge >= 0.3 is 5.97 Å². The van der Waals surface area contributed by atoms with Crippen LogP contribution in [0, 0.1) is 23.2 Å². The highest BCUT2D eigenvalue weighted by Crippen LogP contribution is 2.60. The van der Waals surface area contributed by atoms with Gasteiger partial charge in [0.05, 0.1) is 35.4 Å². The van der Waals surface area contributed by atoms with Crippen molar-refractivity contribution in [3.63, 3.8) is 0 Å². The van der Waals surface area contributed by atoms with E-state index in [1.807, 2.05) is 0 Å². The van der Waals surface area contributed by atoms with Crippen molar-refractivity contribution in [1.82, 2.24) is 0 Å². The largest absolute Gasteiger partial charge is 0.495 e. The molecule has 0 saturated heterocycles. The molecule has 0 aliphatic heterocycles. The topological polar surface area (TPSA) is 108 Å². The van der Waals surface area contributed by atoms with Crippen molar-refractivity contribution in [3.8, 4) is 11.5 Å². The first kappa shape index (κ1) is 25.9. The summed E-state index contributed by atoms with van der Waals surface area (Å²) in [4.78, 5) is 25.8. The molecular weight excluding hydrogens is 518 g/mol. The second kappa shape index (κ2) is 9.83. The SMILES string of the molecule is COc1cc(OC)c(NS(=O)(=O)c2cccc(C(=O)OCC(=O)C34CC5CC(CC(C5)C3)C4)c2)cc1Cl. The van der Waals surface area contributed by atoms with E-state index in [2.05, 4.69) is 4.72 Å². The van der Waals surface area contributed by atoms with Crippen LogP contribution in [0.4, 0.5) is 5.69 Å². The van der Waals surface area contributed by atoms with Gasteiger partial charge in [0, 0.05) is 11.5 Å². The number of hydrogen-bond donors (Lipinski definition) is 1. The monoisotopic (exact) mass is 547 g/mol. The quantitative estimate of drug-likeness (QED) is 0.435. The maximum Gasteiger partial charge on any atom is 0.338 e. The summed E-state index contributed by atoms with van der Waals surface area (Å²) in [5.74, 6) is 1.63. The van der Waals surface area contributed by atoms with Gasteiger partial charge in [-0.05, 0) is 80.5 Å². The zero-order chi connectivity index (χ0) is 26.4. The van der Waals surface area contributed by atoms with Crippen LogP contribution in [0.5, 0.6) is 11.5 Å². The van der Waals surface area contributed by atoms with Gasteiger partial charge in [-0.15, -0.1) is 0 Å². The highest BCUT2D eigenvalue weighted by Gasteiger charge is 2.54. The Hall–Kier alpha value is -2.78. The van der Waals surface area contributed by atoms with E-state index in [1.54, 1.807) is 0 Å². The molecule has 2 aromatic rings. The number of Topliss-reactive ketones (excluding diaryl/α,β-unsaturated/α-hetero) is 1.